The van der Waals surface area contributed by atoms with Gasteiger partial charge in [0.25, 0.3) is 0 Å². The highest BCUT2D eigenvalue weighted by molar-refractivity contribution is 9.10. The van der Waals surface area contributed by atoms with E-state index in [0.29, 0.717) is 22.7 Å². The summed E-state index contributed by atoms with van der Waals surface area (Å²) in [7, 11) is -1.22. The lowest BCUT2D eigenvalue weighted by Crippen LogP contribution is -2.08. The summed E-state index contributed by atoms with van der Waals surface area (Å²) in [6, 6.07) is 0. The van der Waals surface area contributed by atoms with Gasteiger partial charge in [0.05, 0.1) is 10.8 Å². The van der Waals surface area contributed by atoms with Crippen molar-refractivity contribution in [1.29, 1.82) is 0 Å². The van der Waals surface area contributed by atoms with Gasteiger partial charge in [-0.05, 0) is 22.9 Å². The molecule has 0 fully saturated rings. The molecule has 0 aromatic carbocycles. The molecule has 7 heteroatoms. The summed E-state index contributed by atoms with van der Waals surface area (Å²) < 4.78 is 11.8. The first kappa shape index (κ1) is 11.4. The van der Waals surface area contributed by atoms with Crippen LogP contribution >= 0.6 is 15.9 Å². The molecular weight excluding hydrogens is 268 g/mol. The van der Waals surface area contributed by atoms with Gasteiger partial charge in [-0.15, -0.1) is 0 Å². The lowest BCUT2D eigenvalue weighted by Gasteiger charge is -2.07. The van der Waals surface area contributed by atoms with Crippen molar-refractivity contribution in [3.8, 4) is 0 Å². The van der Waals surface area contributed by atoms with Crippen molar-refractivity contribution in [3.63, 3.8) is 0 Å². The lowest BCUT2D eigenvalue weighted by molar-refractivity contribution is 0.680. The van der Waals surface area contributed by atoms with Crippen LogP contribution in [0.15, 0.2) is 9.63 Å². The molecule has 5 nitrogen and oxygen atoms in total. The number of nitrogens with zero attached hydrogens (tertiary/aromatic N) is 2. The van der Waals surface area contributed by atoms with Crippen LogP contribution in [0.1, 0.15) is 6.92 Å². The summed E-state index contributed by atoms with van der Waals surface area (Å²) in [5.41, 5.74) is 5.62. The fraction of sp³-hybridized carbons (Fsp3) is 0.429. The van der Waals surface area contributed by atoms with E-state index in [4.69, 9.17) is 5.73 Å². The van der Waals surface area contributed by atoms with Gasteiger partial charge < -0.3 is 11.1 Å². The fourth-order valence-corrected chi connectivity index (χ4v) is 1.62. The second-order valence-corrected chi connectivity index (χ2v) is 4.60. The fourth-order valence-electron chi connectivity index (χ4n) is 0.856. The van der Waals surface area contributed by atoms with Gasteiger partial charge in [-0.2, -0.15) is 0 Å². The van der Waals surface area contributed by atoms with E-state index in [1.165, 1.54) is 6.26 Å². The molecule has 78 valence electrons. The van der Waals surface area contributed by atoms with Gasteiger partial charge in [-0.3, -0.25) is 4.21 Å². The molecule has 1 atom stereocenters. The van der Waals surface area contributed by atoms with E-state index in [2.05, 4.69) is 31.2 Å². The standard InChI is InChI=1S/C7H11BrN4OS/c1-3-10-6-4(8)5(9)11-7(12-6)14(2)13/h3H2,1-2H3,(H3,9,10,11,12)/t14-/m0/s1. The molecule has 0 amide bonds. The molecule has 3 N–H and O–H groups in total. The van der Waals surface area contributed by atoms with Gasteiger partial charge in [0.15, 0.2) is 0 Å². The van der Waals surface area contributed by atoms with E-state index in [-0.39, 0.29) is 5.16 Å². The molecule has 0 aliphatic rings. The van der Waals surface area contributed by atoms with Crippen LogP contribution < -0.4 is 11.1 Å². The maximum absolute atomic E-state index is 11.2. The Morgan fingerprint density at radius 1 is 1.57 bits per heavy atom. The van der Waals surface area contributed by atoms with Crippen molar-refractivity contribution in [2.45, 2.75) is 12.1 Å². The number of hydrogen-bond donors (Lipinski definition) is 2. The third-order valence-electron chi connectivity index (χ3n) is 1.46. The Balaban J connectivity index is 3.20. The maximum atomic E-state index is 11.2. The average Bonchev–Trinajstić information content (AvgIpc) is 2.12. The van der Waals surface area contributed by atoms with E-state index in [0.717, 1.165) is 0 Å². The molecule has 0 spiro atoms. The summed E-state index contributed by atoms with van der Waals surface area (Å²) in [6.45, 7) is 2.65. The Kier molecular flexibility index (Phi) is 3.82. The molecule has 0 aliphatic carbocycles. The molecule has 0 radical (unpaired) electrons. The van der Waals surface area contributed by atoms with Crippen molar-refractivity contribution in [1.82, 2.24) is 9.97 Å². The van der Waals surface area contributed by atoms with Crippen LogP contribution in [-0.4, -0.2) is 27.0 Å². The topological polar surface area (TPSA) is 80.9 Å². The number of halogens is 1. The van der Waals surface area contributed by atoms with Gasteiger partial charge in [-0.1, -0.05) is 0 Å². The van der Waals surface area contributed by atoms with Crippen molar-refractivity contribution in [2.75, 3.05) is 23.9 Å². The van der Waals surface area contributed by atoms with Crippen LogP contribution in [-0.2, 0) is 10.8 Å². The Hall–Kier alpha value is -0.690. The first-order valence-corrected chi connectivity index (χ1v) is 6.31. The van der Waals surface area contributed by atoms with Gasteiger partial charge in [0.1, 0.15) is 16.1 Å². The number of nitrogen functional groups attached to an aromatic ring is 1. The second kappa shape index (κ2) is 4.70. The number of nitrogens with two attached hydrogens (primary N) is 1. The van der Waals surface area contributed by atoms with Crippen LogP contribution in [0.5, 0.6) is 0 Å². The largest absolute Gasteiger partial charge is 0.383 e. The summed E-state index contributed by atoms with van der Waals surface area (Å²) >= 11 is 3.25. The SMILES string of the molecule is CCNc1nc([S@](C)=O)nc(N)c1Br. The molecule has 0 unspecified atom stereocenters. The van der Waals surface area contributed by atoms with E-state index in [9.17, 15) is 4.21 Å². The van der Waals surface area contributed by atoms with Crippen LogP contribution in [0.25, 0.3) is 0 Å². The van der Waals surface area contributed by atoms with Crippen LogP contribution in [0.2, 0.25) is 0 Å². The summed E-state index contributed by atoms with van der Waals surface area (Å²) in [4.78, 5) is 7.97. The monoisotopic (exact) mass is 278 g/mol. The zero-order valence-electron chi connectivity index (χ0n) is 7.87. The Morgan fingerprint density at radius 2 is 2.21 bits per heavy atom. The summed E-state index contributed by atoms with van der Waals surface area (Å²) in [5, 5.41) is 3.24. The number of hydrogen-bond acceptors (Lipinski definition) is 5. The first-order chi connectivity index (χ1) is 6.56. The van der Waals surface area contributed by atoms with E-state index in [1.807, 2.05) is 6.92 Å². The molecule has 1 aromatic rings. The first-order valence-electron chi connectivity index (χ1n) is 3.96. The zero-order valence-corrected chi connectivity index (χ0v) is 10.3. The molecule has 1 aromatic heterocycles. The van der Waals surface area contributed by atoms with Gasteiger partial charge in [-0.25, -0.2) is 9.97 Å². The summed E-state index contributed by atoms with van der Waals surface area (Å²) in [5.74, 6) is 0.867. The molecule has 14 heavy (non-hydrogen) atoms. The van der Waals surface area contributed by atoms with Crippen molar-refractivity contribution in [3.05, 3.63) is 4.47 Å². The molecule has 0 saturated heterocycles. The predicted molar refractivity (Wildman–Crippen MR) is 60.6 cm³/mol. The van der Waals surface area contributed by atoms with Crippen LogP contribution in [0.3, 0.4) is 0 Å². The Morgan fingerprint density at radius 3 is 2.71 bits per heavy atom. The Bertz CT molecular complexity index is 371. The smallest absolute Gasteiger partial charge is 0.222 e. The number of nitrogens with one attached hydrogen (secondary N) is 1. The second-order valence-electron chi connectivity index (χ2n) is 2.54. The van der Waals surface area contributed by atoms with Gasteiger partial charge >= 0.3 is 0 Å². The van der Waals surface area contributed by atoms with E-state index >= 15 is 0 Å². The predicted octanol–water partition coefficient (Wildman–Crippen LogP) is 0.990. The molecular formula is C7H11BrN4OS. The van der Waals surface area contributed by atoms with Gasteiger partial charge in [0.2, 0.25) is 5.16 Å². The quantitative estimate of drug-likeness (QED) is 0.806. The third kappa shape index (κ3) is 2.42. The number of anilines is 2. The van der Waals surface area contributed by atoms with Gasteiger partial charge in [0, 0.05) is 12.8 Å². The zero-order chi connectivity index (χ0) is 10.7. The molecule has 1 rings (SSSR count). The Labute approximate surface area is 93.1 Å². The molecule has 0 aliphatic heterocycles. The third-order valence-corrected chi connectivity index (χ3v) is 2.94. The highest BCUT2D eigenvalue weighted by Gasteiger charge is 2.11. The minimum absolute atomic E-state index is 0.238. The van der Waals surface area contributed by atoms with Crippen molar-refractivity contribution in [2.24, 2.45) is 0 Å². The van der Waals surface area contributed by atoms with Crippen LogP contribution in [0.4, 0.5) is 11.6 Å². The highest BCUT2D eigenvalue weighted by Crippen LogP contribution is 2.25. The number of rotatable bonds is 3. The molecule has 1 heterocycles. The normalized spacial score (nSPS) is 12.5. The van der Waals surface area contributed by atoms with E-state index in [1.54, 1.807) is 0 Å². The van der Waals surface area contributed by atoms with E-state index < -0.39 is 10.8 Å². The highest BCUT2D eigenvalue weighted by atomic mass is 79.9. The lowest BCUT2D eigenvalue weighted by atomic mass is 10.5. The minimum Gasteiger partial charge on any atom is -0.383 e. The van der Waals surface area contributed by atoms with Crippen molar-refractivity contribution < 1.29 is 4.21 Å². The number of aromatic nitrogens is 2. The van der Waals surface area contributed by atoms with Crippen LogP contribution in [0, 0.1) is 0 Å². The minimum atomic E-state index is -1.22. The molecule has 0 bridgehead atoms. The van der Waals surface area contributed by atoms with Crippen molar-refractivity contribution >= 4 is 38.4 Å². The summed E-state index contributed by atoms with van der Waals surface area (Å²) in [6.07, 6.45) is 1.51. The maximum Gasteiger partial charge on any atom is 0.222 e. The molecule has 0 saturated carbocycles. The average molecular weight is 279 g/mol.